The normalized spacial score (nSPS) is 11.6. The third-order valence-corrected chi connectivity index (χ3v) is 3.89. The van der Waals surface area contributed by atoms with Crippen molar-refractivity contribution in [1.82, 2.24) is 19.7 Å². The zero-order valence-corrected chi connectivity index (χ0v) is 12.4. The molecule has 0 saturated heterocycles. The van der Waals surface area contributed by atoms with Crippen LogP contribution in [0.4, 0.5) is 9.18 Å². The predicted octanol–water partition coefficient (Wildman–Crippen LogP) is 1.47. The number of amides is 1. The van der Waals surface area contributed by atoms with Gasteiger partial charge in [-0.05, 0) is 23.4 Å². The first kappa shape index (κ1) is 16.0. The Hall–Kier alpha value is -2.42. The monoisotopic (exact) mass is 326 g/mol. The molecule has 1 amide bonds. The predicted molar refractivity (Wildman–Crippen MR) is 79.7 cm³/mol. The number of nitrogens with one attached hydrogen (secondary N) is 1. The maximum Gasteiger partial charge on any atom is 0.404 e. The Balaban J connectivity index is 1.97. The maximum absolute atomic E-state index is 12.7. The first-order valence-electron chi connectivity index (χ1n) is 6.49. The molecule has 7 nitrogen and oxygen atoms in total. The average molecular weight is 326 g/mol. The quantitative estimate of drug-likeness (QED) is 0.806. The van der Waals surface area contributed by atoms with Gasteiger partial charge in [0.2, 0.25) is 0 Å². The van der Waals surface area contributed by atoms with Crippen LogP contribution in [-0.2, 0) is 19.5 Å². The SMILES string of the molecule is O=C(O)NC/C(=C/F)Cn1ncn(CCc2cccs2)c1=O. The molecule has 0 aliphatic carbocycles. The van der Waals surface area contributed by atoms with Crippen molar-refractivity contribution in [2.24, 2.45) is 0 Å². The van der Waals surface area contributed by atoms with Crippen molar-refractivity contribution < 1.29 is 14.3 Å². The van der Waals surface area contributed by atoms with Crippen LogP contribution in [0.1, 0.15) is 4.88 Å². The number of halogens is 1. The smallest absolute Gasteiger partial charge is 0.404 e. The molecule has 0 unspecified atom stereocenters. The number of hydrogen-bond donors (Lipinski definition) is 2. The summed E-state index contributed by atoms with van der Waals surface area (Å²) in [6.07, 6.45) is 1.15. The van der Waals surface area contributed by atoms with Gasteiger partial charge in [-0.1, -0.05) is 6.07 Å². The highest BCUT2D eigenvalue weighted by molar-refractivity contribution is 7.09. The lowest BCUT2D eigenvalue weighted by atomic mass is 10.3. The van der Waals surface area contributed by atoms with E-state index in [-0.39, 0.29) is 30.7 Å². The van der Waals surface area contributed by atoms with Gasteiger partial charge in [0.25, 0.3) is 0 Å². The summed E-state index contributed by atoms with van der Waals surface area (Å²) in [6.45, 7) is 0.198. The summed E-state index contributed by atoms with van der Waals surface area (Å²) in [6, 6.07) is 3.93. The van der Waals surface area contributed by atoms with E-state index in [0.29, 0.717) is 6.54 Å². The molecule has 0 aromatic carbocycles. The number of nitrogens with zero attached hydrogens (tertiary/aromatic N) is 3. The van der Waals surface area contributed by atoms with E-state index in [1.165, 1.54) is 10.9 Å². The summed E-state index contributed by atoms with van der Waals surface area (Å²) in [5, 5.41) is 16.4. The highest BCUT2D eigenvalue weighted by atomic mass is 32.1. The third-order valence-electron chi connectivity index (χ3n) is 2.95. The number of thiophene rings is 1. The van der Waals surface area contributed by atoms with Gasteiger partial charge in [0.15, 0.2) is 0 Å². The van der Waals surface area contributed by atoms with Crippen LogP contribution in [0.5, 0.6) is 0 Å². The second-order valence-electron chi connectivity index (χ2n) is 4.52. The molecule has 2 heterocycles. The van der Waals surface area contributed by atoms with Crippen molar-refractivity contribution >= 4 is 17.4 Å². The number of carboxylic acid groups (broad SMARTS) is 1. The standard InChI is InChI=1S/C13H15FN4O3S/c14-6-10(7-15-12(19)20)8-18-13(21)17(9-16-18)4-3-11-2-1-5-22-11/h1-2,5-6,9,15H,3-4,7-8H2,(H,19,20)/b10-6-. The average Bonchev–Trinajstić information content (AvgIpc) is 3.12. The van der Waals surface area contributed by atoms with E-state index in [9.17, 15) is 14.0 Å². The van der Waals surface area contributed by atoms with E-state index in [4.69, 9.17) is 5.11 Å². The maximum atomic E-state index is 12.7. The molecule has 0 aliphatic heterocycles. The molecule has 2 rings (SSSR count). The summed E-state index contributed by atoms with van der Waals surface area (Å²) in [7, 11) is 0. The molecular weight excluding hydrogens is 311 g/mol. The van der Waals surface area contributed by atoms with E-state index >= 15 is 0 Å². The fourth-order valence-electron chi connectivity index (χ4n) is 1.83. The minimum absolute atomic E-state index is 0.0956. The topological polar surface area (TPSA) is 89.2 Å². The Labute approximate surface area is 129 Å². The summed E-state index contributed by atoms with van der Waals surface area (Å²) in [5.41, 5.74) is -0.237. The number of hydrogen-bond acceptors (Lipinski definition) is 4. The lowest BCUT2D eigenvalue weighted by Gasteiger charge is -2.05. The molecule has 2 aromatic heterocycles. The molecule has 22 heavy (non-hydrogen) atoms. The van der Waals surface area contributed by atoms with Gasteiger partial charge in [-0.3, -0.25) is 4.57 Å². The first-order valence-corrected chi connectivity index (χ1v) is 7.37. The molecular formula is C13H15FN4O3S. The Morgan fingerprint density at radius 1 is 1.55 bits per heavy atom. The zero-order valence-electron chi connectivity index (χ0n) is 11.6. The van der Waals surface area contributed by atoms with Gasteiger partial charge in [-0.25, -0.2) is 18.7 Å². The second kappa shape index (κ2) is 7.55. The van der Waals surface area contributed by atoms with Crippen LogP contribution in [0.3, 0.4) is 0 Å². The highest BCUT2D eigenvalue weighted by Crippen LogP contribution is 2.09. The molecule has 0 bridgehead atoms. The zero-order chi connectivity index (χ0) is 15.9. The van der Waals surface area contributed by atoms with Gasteiger partial charge in [0.1, 0.15) is 6.33 Å². The first-order chi connectivity index (χ1) is 10.6. The van der Waals surface area contributed by atoms with Crippen molar-refractivity contribution in [3.63, 3.8) is 0 Å². The minimum atomic E-state index is -1.26. The van der Waals surface area contributed by atoms with E-state index in [0.717, 1.165) is 16.0 Å². The number of aromatic nitrogens is 3. The molecule has 0 spiro atoms. The molecule has 0 saturated carbocycles. The van der Waals surface area contributed by atoms with Crippen molar-refractivity contribution in [1.29, 1.82) is 0 Å². The van der Waals surface area contributed by atoms with Crippen LogP contribution in [-0.4, -0.2) is 32.1 Å². The van der Waals surface area contributed by atoms with E-state index < -0.39 is 6.09 Å². The fraction of sp³-hybridized carbons (Fsp3) is 0.308. The van der Waals surface area contributed by atoms with Crippen molar-refractivity contribution in [2.45, 2.75) is 19.5 Å². The van der Waals surface area contributed by atoms with Crippen LogP contribution in [0.25, 0.3) is 0 Å². The van der Waals surface area contributed by atoms with E-state index in [1.54, 1.807) is 11.3 Å². The Bertz CT molecular complexity index is 705. The van der Waals surface area contributed by atoms with Crippen molar-refractivity contribution in [2.75, 3.05) is 6.54 Å². The lowest BCUT2D eigenvalue weighted by Crippen LogP contribution is -2.29. The Kier molecular flexibility index (Phi) is 5.48. The molecule has 0 fully saturated rings. The third kappa shape index (κ3) is 4.29. The molecule has 2 N–H and O–H groups in total. The van der Waals surface area contributed by atoms with Gasteiger partial charge in [-0.15, -0.1) is 11.3 Å². The Morgan fingerprint density at radius 3 is 3.00 bits per heavy atom. The van der Waals surface area contributed by atoms with Gasteiger partial charge < -0.3 is 10.4 Å². The highest BCUT2D eigenvalue weighted by Gasteiger charge is 2.09. The summed E-state index contributed by atoms with van der Waals surface area (Å²) in [4.78, 5) is 23.7. The van der Waals surface area contributed by atoms with Crippen LogP contribution in [0.15, 0.2) is 40.5 Å². The lowest BCUT2D eigenvalue weighted by molar-refractivity contribution is 0.195. The molecule has 9 heteroatoms. The van der Waals surface area contributed by atoms with E-state index in [2.05, 4.69) is 5.10 Å². The number of aryl methyl sites for hydroxylation is 2. The molecule has 0 radical (unpaired) electrons. The van der Waals surface area contributed by atoms with E-state index in [1.807, 2.05) is 22.8 Å². The largest absolute Gasteiger partial charge is 0.465 e. The number of carbonyl (C=O) groups is 1. The molecule has 118 valence electrons. The van der Waals surface area contributed by atoms with Crippen LogP contribution < -0.4 is 11.0 Å². The Morgan fingerprint density at radius 2 is 2.36 bits per heavy atom. The van der Waals surface area contributed by atoms with Crippen LogP contribution >= 0.6 is 11.3 Å². The van der Waals surface area contributed by atoms with Gasteiger partial charge in [-0.2, -0.15) is 5.10 Å². The summed E-state index contributed by atoms with van der Waals surface area (Å²) < 4.78 is 15.3. The van der Waals surface area contributed by atoms with Crippen molar-refractivity contribution in [3.05, 3.63) is 51.1 Å². The number of rotatable bonds is 7. The second-order valence-corrected chi connectivity index (χ2v) is 5.55. The minimum Gasteiger partial charge on any atom is -0.465 e. The molecule has 0 aliphatic rings. The molecule has 0 atom stereocenters. The summed E-state index contributed by atoms with van der Waals surface area (Å²) in [5.74, 6) is 0. The van der Waals surface area contributed by atoms with Gasteiger partial charge in [0, 0.05) is 18.0 Å². The van der Waals surface area contributed by atoms with Crippen LogP contribution in [0, 0.1) is 0 Å². The summed E-state index contributed by atoms with van der Waals surface area (Å²) >= 11 is 1.61. The van der Waals surface area contributed by atoms with Crippen LogP contribution in [0.2, 0.25) is 0 Å². The van der Waals surface area contributed by atoms with Crippen molar-refractivity contribution in [3.8, 4) is 0 Å². The fourth-order valence-corrected chi connectivity index (χ4v) is 2.53. The van der Waals surface area contributed by atoms with Gasteiger partial charge >= 0.3 is 11.8 Å². The molecule has 2 aromatic rings. The van der Waals surface area contributed by atoms with Gasteiger partial charge in [0.05, 0.1) is 12.9 Å².